The zero-order chi connectivity index (χ0) is 18.3. The first kappa shape index (κ1) is 16.6. The molecule has 26 heavy (non-hydrogen) atoms. The van der Waals surface area contributed by atoms with Crippen LogP contribution in [0.5, 0.6) is 0 Å². The van der Waals surface area contributed by atoms with Crippen LogP contribution in [0.2, 0.25) is 0 Å². The van der Waals surface area contributed by atoms with Gasteiger partial charge < -0.3 is 9.80 Å². The number of likely N-dealkylation sites (N-methyl/N-ethyl adjacent to an activating group) is 1. The second kappa shape index (κ2) is 6.44. The number of benzene rings is 2. The van der Waals surface area contributed by atoms with Crippen molar-refractivity contribution in [2.45, 2.75) is 25.4 Å². The number of carbonyl (C=O) groups is 3. The highest BCUT2D eigenvalue weighted by Gasteiger charge is 2.38. The van der Waals surface area contributed by atoms with Gasteiger partial charge in [0.1, 0.15) is 13.1 Å². The first-order valence-electron chi connectivity index (χ1n) is 8.86. The third-order valence-electron chi connectivity index (χ3n) is 5.05. The van der Waals surface area contributed by atoms with E-state index in [1.165, 1.54) is 4.90 Å². The van der Waals surface area contributed by atoms with Crippen LogP contribution in [-0.4, -0.2) is 58.7 Å². The maximum atomic E-state index is 12.9. The van der Waals surface area contributed by atoms with Crippen LogP contribution in [0.15, 0.2) is 42.5 Å². The smallest absolute Gasteiger partial charge is 0.327 e. The molecule has 6 nitrogen and oxygen atoms in total. The van der Waals surface area contributed by atoms with Gasteiger partial charge in [-0.3, -0.25) is 14.5 Å². The fourth-order valence-electron chi connectivity index (χ4n) is 3.47. The number of fused-ring (bicyclic) bond motifs is 1. The predicted molar refractivity (Wildman–Crippen MR) is 97.3 cm³/mol. The number of rotatable bonds is 5. The molecule has 134 valence electrons. The van der Waals surface area contributed by atoms with E-state index in [0.29, 0.717) is 6.54 Å². The number of urea groups is 1. The molecule has 4 amide bonds. The van der Waals surface area contributed by atoms with Crippen molar-refractivity contribution in [3.8, 4) is 0 Å². The quantitative estimate of drug-likeness (QED) is 0.776. The summed E-state index contributed by atoms with van der Waals surface area (Å²) < 4.78 is 0. The van der Waals surface area contributed by atoms with Gasteiger partial charge in [-0.05, 0) is 29.2 Å². The minimum atomic E-state index is -0.399. The van der Waals surface area contributed by atoms with E-state index in [1.807, 2.05) is 29.2 Å². The molecule has 1 heterocycles. The van der Waals surface area contributed by atoms with Gasteiger partial charge in [0.05, 0.1) is 0 Å². The molecule has 0 N–H and O–H groups in total. The second-order valence-corrected chi connectivity index (χ2v) is 7.01. The van der Waals surface area contributed by atoms with Gasteiger partial charge in [-0.15, -0.1) is 0 Å². The van der Waals surface area contributed by atoms with Crippen molar-refractivity contribution in [3.05, 3.63) is 48.0 Å². The summed E-state index contributed by atoms with van der Waals surface area (Å²) >= 11 is 0. The molecule has 4 rings (SSSR count). The van der Waals surface area contributed by atoms with E-state index in [2.05, 4.69) is 18.2 Å². The van der Waals surface area contributed by atoms with Crippen molar-refractivity contribution in [2.24, 2.45) is 0 Å². The molecule has 1 saturated heterocycles. The second-order valence-electron chi connectivity index (χ2n) is 7.01. The Labute approximate surface area is 152 Å². The standard InChI is InChI=1S/C20H21N3O3/c1-21-12-18(24)23(20(21)26)13-19(25)22(16-9-10-16)11-15-7-4-6-14-5-2-3-8-17(14)15/h2-8,16H,9-13H2,1H3. The Kier molecular flexibility index (Phi) is 4.11. The first-order chi connectivity index (χ1) is 12.5. The van der Waals surface area contributed by atoms with Gasteiger partial charge in [-0.25, -0.2) is 4.79 Å². The largest absolute Gasteiger partial charge is 0.334 e. The molecule has 1 aliphatic carbocycles. The minimum Gasteiger partial charge on any atom is -0.334 e. The molecule has 2 aromatic carbocycles. The van der Waals surface area contributed by atoms with Crippen LogP contribution < -0.4 is 0 Å². The Morgan fingerprint density at radius 3 is 2.54 bits per heavy atom. The molecule has 2 aliphatic rings. The molecule has 6 heteroatoms. The van der Waals surface area contributed by atoms with Crippen molar-refractivity contribution in [1.29, 1.82) is 0 Å². The van der Waals surface area contributed by atoms with E-state index in [0.717, 1.165) is 34.1 Å². The van der Waals surface area contributed by atoms with Gasteiger partial charge in [0, 0.05) is 19.6 Å². The summed E-state index contributed by atoms with van der Waals surface area (Å²) in [6, 6.07) is 14.0. The molecule has 0 unspecified atom stereocenters. The Balaban J connectivity index is 1.55. The van der Waals surface area contributed by atoms with Crippen molar-refractivity contribution in [1.82, 2.24) is 14.7 Å². The van der Waals surface area contributed by atoms with E-state index >= 15 is 0 Å². The third-order valence-corrected chi connectivity index (χ3v) is 5.05. The molecule has 0 spiro atoms. The number of hydrogen-bond donors (Lipinski definition) is 0. The lowest BCUT2D eigenvalue weighted by molar-refractivity contribution is -0.137. The zero-order valence-corrected chi connectivity index (χ0v) is 14.7. The van der Waals surface area contributed by atoms with Crippen LogP contribution in [0.25, 0.3) is 10.8 Å². The van der Waals surface area contributed by atoms with Crippen LogP contribution in [0.4, 0.5) is 4.79 Å². The van der Waals surface area contributed by atoms with Gasteiger partial charge in [0.15, 0.2) is 0 Å². The van der Waals surface area contributed by atoms with E-state index in [4.69, 9.17) is 0 Å². The summed E-state index contributed by atoms with van der Waals surface area (Å²) in [6.45, 7) is 0.360. The molecular formula is C20H21N3O3. The van der Waals surface area contributed by atoms with Crippen LogP contribution >= 0.6 is 0 Å². The maximum Gasteiger partial charge on any atom is 0.327 e. The van der Waals surface area contributed by atoms with Crippen LogP contribution in [0.1, 0.15) is 18.4 Å². The Hall–Kier alpha value is -2.89. The van der Waals surface area contributed by atoms with E-state index in [1.54, 1.807) is 7.05 Å². The van der Waals surface area contributed by atoms with Gasteiger partial charge >= 0.3 is 6.03 Å². The molecule has 1 aliphatic heterocycles. The van der Waals surface area contributed by atoms with Gasteiger partial charge in [0.2, 0.25) is 5.91 Å². The predicted octanol–water partition coefficient (Wildman–Crippen LogP) is 2.22. The summed E-state index contributed by atoms with van der Waals surface area (Å²) in [5.41, 5.74) is 1.08. The van der Waals surface area contributed by atoms with Crippen molar-refractivity contribution in [2.75, 3.05) is 20.1 Å². The zero-order valence-electron chi connectivity index (χ0n) is 14.7. The average Bonchev–Trinajstić information content (AvgIpc) is 3.44. The van der Waals surface area contributed by atoms with Crippen molar-refractivity contribution in [3.63, 3.8) is 0 Å². The molecular weight excluding hydrogens is 330 g/mol. The van der Waals surface area contributed by atoms with Crippen LogP contribution in [0.3, 0.4) is 0 Å². The lowest BCUT2D eigenvalue weighted by atomic mass is 10.0. The first-order valence-corrected chi connectivity index (χ1v) is 8.86. The normalized spacial score (nSPS) is 17.3. The summed E-state index contributed by atoms with van der Waals surface area (Å²) in [5, 5.41) is 2.27. The van der Waals surface area contributed by atoms with Crippen LogP contribution in [-0.2, 0) is 16.1 Å². The Bertz CT molecular complexity index is 886. The lowest BCUT2D eigenvalue weighted by Gasteiger charge is -2.25. The molecule has 0 atom stereocenters. The van der Waals surface area contributed by atoms with Crippen molar-refractivity contribution >= 4 is 28.6 Å². The summed E-state index contributed by atoms with van der Waals surface area (Å²) in [4.78, 5) is 41.1. The van der Waals surface area contributed by atoms with Crippen LogP contribution in [0, 0.1) is 0 Å². The Morgan fingerprint density at radius 2 is 1.85 bits per heavy atom. The average molecular weight is 351 g/mol. The van der Waals surface area contributed by atoms with E-state index in [-0.39, 0.29) is 30.9 Å². The highest BCUT2D eigenvalue weighted by atomic mass is 16.2. The number of amides is 4. The molecule has 2 aromatic rings. The highest BCUT2D eigenvalue weighted by molar-refractivity contribution is 6.04. The van der Waals surface area contributed by atoms with Gasteiger partial charge in [-0.2, -0.15) is 0 Å². The number of imide groups is 1. The number of hydrogen-bond acceptors (Lipinski definition) is 3. The summed E-state index contributed by atoms with van der Waals surface area (Å²) in [5.74, 6) is -0.482. The molecule has 0 aromatic heterocycles. The third kappa shape index (κ3) is 3.03. The van der Waals surface area contributed by atoms with Gasteiger partial charge in [0.25, 0.3) is 5.91 Å². The van der Waals surface area contributed by atoms with Crippen molar-refractivity contribution < 1.29 is 14.4 Å². The fourth-order valence-corrected chi connectivity index (χ4v) is 3.47. The topological polar surface area (TPSA) is 60.9 Å². The number of carbonyl (C=O) groups excluding carboxylic acids is 3. The molecule has 0 radical (unpaired) electrons. The maximum absolute atomic E-state index is 12.9. The fraction of sp³-hybridized carbons (Fsp3) is 0.350. The monoisotopic (exact) mass is 351 g/mol. The lowest BCUT2D eigenvalue weighted by Crippen LogP contribution is -2.43. The Morgan fingerprint density at radius 1 is 1.12 bits per heavy atom. The van der Waals surface area contributed by atoms with Gasteiger partial charge in [-0.1, -0.05) is 42.5 Å². The van der Waals surface area contributed by atoms with E-state index in [9.17, 15) is 14.4 Å². The molecule has 0 bridgehead atoms. The molecule has 2 fully saturated rings. The molecule has 1 saturated carbocycles. The number of nitrogens with zero attached hydrogens (tertiary/aromatic N) is 3. The summed E-state index contributed by atoms with van der Waals surface area (Å²) in [6.07, 6.45) is 1.94. The summed E-state index contributed by atoms with van der Waals surface area (Å²) in [7, 11) is 1.57. The van der Waals surface area contributed by atoms with E-state index < -0.39 is 6.03 Å². The minimum absolute atomic E-state index is 0.0405. The SMILES string of the molecule is CN1CC(=O)N(CC(=O)N(Cc2cccc3ccccc23)C2CC2)C1=O. The highest BCUT2D eigenvalue weighted by Crippen LogP contribution is 2.30.